The van der Waals surface area contributed by atoms with Gasteiger partial charge in [0.2, 0.25) is 0 Å². The van der Waals surface area contributed by atoms with Crippen LogP contribution in [0.15, 0.2) is 58.8 Å². The van der Waals surface area contributed by atoms with Crippen molar-refractivity contribution in [2.75, 3.05) is 13.2 Å². The number of rotatable bonds is 9. The Hall–Kier alpha value is -3.02. The van der Waals surface area contributed by atoms with E-state index in [0.717, 1.165) is 22.6 Å². The van der Waals surface area contributed by atoms with Crippen LogP contribution in [0.1, 0.15) is 38.8 Å². The van der Waals surface area contributed by atoms with Crippen molar-refractivity contribution in [3.8, 4) is 11.5 Å². The van der Waals surface area contributed by atoms with Gasteiger partial charge in [-0.25, -0.2) is 0 Å². The molecular weight excluding hydrogens is 356 g/mol. The van der Waals surface area contributed by atoms with E-state index < -0.39 is 0 Å². The standard InChI is InChI=1S/C22H28N2O4/c1-15(2)21(23-25)17-5-9-19(10-6-17)27-13-14-28-20-11-7-18(8-12-20)22(24-26)16(3)4/h5-12,15-16,25-26H,13-14H2,1-4H3/b23-21+,24-22+. The van der Waals surface area contributed by atoms with Crippen LogP contribution in [0.2, 0.25) is 0 Å². The highest BCUT2D eigenvalue weighted by atomic mass is 16.5. The molecule has 0 aromatic heterocycles. The van der Waals surface area contributed by atoms with Gasteiger partial charge in [-0.05, 0) is 71.5 Å². The molecule has 2 N–H and O–H groups in total. The van der Waals surface area contributed by atoms with Crippen LogP contribution in [-0.2, 0) is 0 Å². The van der Waals surface area contributed by atoms with Crippen molar-refractivity contribution >= 4 is 11.4 Å². The molecule has 0 aliphatic carbocycles. The van der Waals surface area contributed by atoms with Crippen molar-refractivity contribution in [1.29, 1.82) is 0 Å². The van der Waals surface area contributed by atoms with Gasteiger partial charge in [0.25, 0.3) is 0 Å². The summed E-state index contributed by atoms with van der Waals surface area (Å²) in [6, 6.07) is 14.9. The number of ether oxygens (including phenoxy) is 2. The molecule has 28 heavy (non-hydrogen) atoms. The van der Waals surface area contributed by atoms with E-state index in [4.69, 9.17) is 19.9 Å². The average molecular weight is 384 g/mol. The third kappa shape index (κ3) is 5.74. The van der Waals surface area contributed by atoms with Crippen LogP contribution in [0.25, 0.3) is 0 Å². The molecule has 0 aliphatic heterocycles. The van der Waals surface area contributed by atoms with Crippen LogP contribution in [0.4, 0.5) is 0 Å². The van der Waals surface area contributed by atoms with Crippen LogP contribution in [0, 0.1) is 11.8 Å². The highest BCUT2D eigenvalue weighted by Gasteiger charge is 2.10. The van der Waals surface area contributed by atoms with Gasteiger partial charge in [0, 0.05) is 0 Å². The minimum absolute atomic E-state index is 0.136. The van der Waals surface area contributed by atoms with Gasteiger partial charge in [-0.1, -0.05) is 38.0 Å². The second kappa shape index (κ2) is 10.3. The topological polar surface area (TPSA) is 83.6 Å². The maximum atomic E-state index is 9.11. The van der Waals surface area contributed by atoms with E-state index in [1.165, 1.54) is 0 Å². The summed E-state index contributed by atoms with van der Waals surface area (Å²) >= 11 is 0. The third-order valence-electron chi connectivity index (χ3n) is 4.23. The molecule has 0 saturated heterocycles. The smallest absolute Gasteiger partial charge is 0.122 e. The van der Waals surface area contributed by atoms with Crippen molar-refractivity contribution in [1.82, 2.24) is 0 Å². The van der Waals surface area contributed by atoms with Crippen LogP contribution < -0.4 is 9.47 Å². The normalized spacial score (nSPS) is 12.5. The summed E-state index contributed by atoms with van der Waals surface area (Å²) in [6.45, 7) is 8.71. The second-order valence-corrected chi connectivity index (χ2v) is 7.03. The van der Waals surface area contributed by atoms with Gasteiger partial charge in [-0.2, -0.15) is 0 Å². The SMILES string of the molecule is CC(C)/C(=N\O)c1ccc(OCCOc2ccc(/C(=N/O)C(C)C)cc2)cc1. The summed E-state index contributed by atoms with van der Waals surface area (Å²) in [7, 11) is 0. The molecule has 0 bridgehead atoms. The molecule has 0 unspecified atom stereocenters. The summed E-state index contributed by atoms with van der Waals surface area (Å²) in [5, 5.41) is 24.9. The Morgan fingerprint density at radius 3 is 1.25 bits per heavy atom. The molecule has 150 valence electrons. The quantitative estimate of drug-likeness (QED) is 0.281. The molecule has 0 radical (unpaired) electrons. The molecule has 0 fully saturated rings. The molecule has 0 amide bonds. The number of oxime groups is 2. The van der Waals surface area contributed by atoms with E-state index in [-0.39, 0.29) is 11.8 Å². The highest BCUT2D eigenvalue weighted by molar-refractivity contribution is 6.02. The van der Waals surface area contributed by atoms with Crippen LogP contribution >= 0.6 is 0 Å². The number of hydrogen-bond acceptors (Lipinski definition) is 6. The number of nitrogens with zero attached hydrogens (tertiary/aromatic N) is 2. The maximum Gasteiger partial charge on any atom is 0.122 e. The molecular formula is C22H28N2O4. The molecule has 6 nitrogen and oxygen atoms in total. The van der Waals surface area contributed by atoms with E-state index in [1.807, 2.05) is 76.2 Å². The zero-order valence-corrected chi connectivity index (χ0v) is 16.8. The predicted molar refractivity (Wildman–Crippen MR) is 110 cm³/mol. The third-order valence-corrected chi connectivity index (χ3v) is 4.23. The first-order valence-corrected chi connectivity index (χ1v) is 9.36. The minimum atomic E-state index is 0.136. The van der Waals surface area contributed by atoms with E-state index in [2.05, 4.69) is 10.3 Å². The highest BCUT2D eigenvalue weighted by Crippen LogP contribution is 2.17. The molecule has 2 rings (SSSR count). The van der Waals surface area contributed by atoms with Gasteiger partial charge < -0.3 is 19.9 Å². The molecule has 0 aliphatic rings. The molecule has 2 aromatic rings. The number of benzene rings is 2. The monoisotopic (exact) mass is 384 g/mol. The maximum absolute atomic E-state index is 9.11. The Morgan fingerprint density at radius 1 is 0.679 bits per heavy atom. The Morgan fingerprint density at radius 2 is 1.00 bits per heavy atom. The van der Waals surface area contributed by atoms with Crippen molar-refractivity contribution < 1.29 is 19.9 Å². The summed E-state index contributed by atoms with van der Waals surface area (Å²) < 4.78 is 11.4. The lowest BCUT2D eigenvalue weighted by molar-refractivity contribution is 0.217. The molecule has 2 aromatic carbocycles. The van der Waals surface area contributed by atoms with Crippen LogP contribution in [-0.4, -0.2) is 35.1 Å². The summed E-state index contributed by atoms with van der Waals surface area (Å²) in [5.74, 6) is 1.72. The van der Waals surface area contributed by atoms with Crippen LogP contribution in [0.5, 0.6) is 11.5 Å². The fourth-order valence-electron chi connectivity index (χ4n) is 2.78. The Balaban J connectivity index is 1.83. The fourth-order valence-corrected chi connectivity index (χ4v) is 2.78. The summed E-state index contributed by atoms with van der Waals surface area (Å²) in [5.41, 5.74) is 3.03. The van der Waals surface area contributed by atoms with Gasteiger partial charge in [0.1, 0.15) is 24.7 Å². The average Bonchev–Trinajstić information content (AvgIpc) is 2.68. The predicted octanol–water partition coefficient (Wildman–Crippen LogP) is 4.81. The summed E-state index contributed by atoms with van der Waals surface area (Å²) in [6.07, 6.45) is 0. The first-order valence-electron chi connectivity index (χ1n) is 9.36. The van der Waals surface area contributed by atoms with Gasteiger partial charge in [0.15, 0.2) is 0 Å². The fraction of sp³-hybridized carbons (Fsp3) is 0.364. The van der Waals surface area contributed by atoms with E-state index in [1.54, 1.807) is 0 Å². The minimum Gasteiger partial charge on any atom is -0.490 e. The number of hydrogen-bond donors (Lipinski definition) is 2. The zero-order valence-electron chi connectivity index (χ0n) is 16.8. The van der Waals surface area contributed by atoms with Gasteiger partial charge in [-0.3, -0.25) is 0 Å². The molecule has 6 heteroatoms. The van der Waals surface area contributed by atoms with Crippen molar-refractivity contribution in [2.24, 2.45) is 22.1 Å². The lowest BCUT2D eigenvalue weighted by Gasteiger charge is -2.11. The molecule has 0 heterocycles. The Labute approximate surface area is 166 Å². The van der Waals surface area contributed by atoms with E-state index in [9.17, 15) is 0 Å². The first kappa shape index (κ1) is 21.3. The van der Waals surface area contributed by atoms with Gasteiger partial charge in [-0.15, -0.1) is 0 Å². The van der Waals surface area contributed by atoms with Gasteiger partial charge >= 0.3 is 0 Å². The molecule has 0 spiro atoms. The van der Waals surface area contributed by atoms with E-state index >= 15 is 0 Å². The van der Waals surface area contributed by atoms with Crippen molar-refractivity contribution in [2.45, 2.75) is 27.7 Å². The molecule has 0 atom stereocenters. The second-order valence-electron chi connectivity index (χ2n) is 7.03. The molecule has 0 saturated carbocycles. The van der Waals surface area contributed by atoms with E-state index in [0.29, 0.717) is 24.6 Å². The van der Waals surface area contributed by atoms with Crippen molar-refractivity contribution in [3.63, 3.8) is 0 Å². The zero-order chi connectivity index (χ0) is 20.5. The lowest BCUT2D eigenvalue weighted by atomic mass is 10.0. The Bertz CT molecular complexity index is 725. The lowest BCUT2D eigenvalue weighted by Crippen LogP contribution is -2.11. The Kier molecular flexibility index (Phi) is 7.87. The first-order chi connectivity index (χ1) is 13.5. The van der Waals surface area contributed by atoms with Crippen LogP contribution in [0.3, 0.4) is 0 Å². The summed E-state index contributed by atoms with van der Waals surface area (Å²) in [4.78, 5) is 0. The van der Waals surface area contributed by atoms with Crippen molar-refractivity contribution in [3.05, 3.63) is 59.7 Å². The largest absolute Gasteiger partial charge is 0.490 e. The van der Waals surface area contributed by atoms with Gasteiger partial charge in [0.05, 0.1) is 11.4 Å².